The molecule has 4 aliphatic heterocycles. The second-order valence-corrected chi connectivity index (χ2v) is 16.5. The molecule has 3 aromatic carbocycles. The first-order chi connectivity index (χ1) is 28.9. The van der Waals surface area contributed by atoms with Gasteiger partial charge < -0.3 is 25.0 Å². The number of carbonyl (C=O) groups excluding carboxylic acids is 2. The summed E-state index contributed by atoms with van der Waals surface area (Å²) in [6, 6.07) is 12.0. The van der Waals surface area contributed by atoms with Gasteiger partial charge in [0.2, 0.25) is 5.91 Å². The van der Waals surface area contributed by atoms with Gasteiger partial charge in [-0.3, -0.25) is 29.1 Å². The van der Waals surface area contributed by atoms with Crippen LogP contribution in [0.5, 0.6) is 11.5 Å². The van der Waals surface area contributed by atoms with E-state index in [4.69, 9.17) is 15.2 Å². The number of hydrogen-bond donors (Lipinski definition) is 2. The smallest absolute Gasteiger partial charge is 0.329 e. The SMILES string of the molecule is CC.Cn1nc(N2CCC(=O)NC2=O)c2cc(F)c(N3CC4(CC(N5CCC6(CC5)CC(n5cnc7ccc(Oc8c(F)ccc(N)c8C#N)cc7c5=O)CO6)C4)C3)cc21. The largest absolute Gasteiger partial charge is 0.453 e. The number of hydrogen-bond acceptors (Lipinski definition) is 11. The predicted octanol–water partition coefficient (Wildman–Crippen LogP) is 5.75. The minimum absolute atomic E-state index is 0.0884. The lowest BCUT2D eigenvalue weighted by atomic mass is 9.59. The van der Waals surface area contributed by atoms with Crippen molar-refractivity contribution in [3.63, 3.8) is 0 Å². The fourth-order valence-electron chi connectivity index (χ4n) is 9.83. The van der Waals surface area contributed by atoms with Crippen molar-refractivity contribution in [3.05, 3.63) is 76.3 Å². The Balaban J connectivity index is 0.00000228. The molecule has 5 fully saturated rings. The molecule has 5 aromatic rings. The molecule has 2 spiro atoms. The van der Waals surface area contributed by atoms with Crippen LogP contribution < -0.4 is 31.1 Å². The Labute approximate surface area is 344 Å². The standard InChI is InChI=1S/C41H40F2N10O5.C2H6/c1-49-33-14-34(30(43)13-27(33)37(48-49)52-9-6-35(54)47-39(52)56)51-20-40(21-51)15-23(16-40)50-10-7-41(8-11-50)17-24(19-57-41)53-22-46-32-5-2-25(12-26(32)38(53)55)58-36-28(18-44)31(45)4-3-29(36)42;1-2/h2-5,12-14,22-24H,6-11,15-17,19-21,45H2,1H3,(H,47,54,56);1-2H3. The number of imide groups is 1. The molecule has 1 saturated carbocycles. The lowest BCUT2D eigenvalue weighted by molar-refractivity contribution is -0.120. The Kier molecular flexibility index (Phi) is 9.74. The Hall–Kier alpha value is -6.12. The summed E-state index contributed by atoms with van der Waals surface area (Å²) in [4.78, 5) is 48.5. The summed E-state index contributed by atoms with van der Waals surface area (Å²) in [7, 11) is 1.77. The number of benzene rings is 3. The van der Waals surface area contributed by atoms with E-state index in [0.717, 1.165) is 57.9 Å². The molecule has 6 heterocycles. The maximum absolute atomic E-state index is 15.6. The molecule has 0 bridgehead atoms. The van der Waals surface area contributed by atoms with E-state index in [0.29, 0.717) is 52.4 Å². The van der Waals surface area contributed by atoms with Gasteiger partial charge in [0.25, 0.3) is 5.56 Å². The van der Waals surface area contributed by atoms with Gasteiger partial charge in [0, 0.05) is 63.0 Å². The number of nitriles is 1. The lowest BCUT2D eigenvalue weighted by Gasteiger charge is -2.62. The van der Waals surface area contributed by atoms with Gasteiger partial charge in [0.05, 0.1) is 52.4 Å². The summed E-state index contributed by atoms with van der Waals surface area (Å²) in [6.07, 6.45) is 6.22. The van der Waals surface area contributed by atoms with Crippen molar-refractivity contribution in [2.75, 3.05) is 54.9 Å². The average molecular weight is 821 g/mol. The van der Waals surface area contributed by atoms with E-state index in [2.05, 4.69) is 25.2 Å². The van der Waals surface area contributed by atoms with Gasteiger partial charge in [-0.2, -0.15) is 10.4 Å². The van der Waals surface area contributed by atoms with Crippen molar-refractivity contribution < 1.29 is 27.8 Å². The Morgan fingerprint density at radius 2 is 1.73 bits per heavy atom. The third-order valence-electron chi connectivity index (χ3n) is 13.0. The Morgan fingerprint density at radius 1 is 0.967 bits per heavy atom. The van der Waals surface area contributed by atoms with Crippen molar-refractivity contribution in [3.8, 4) is 17.6 Å². The van der Waals surface area contributed by atoms with Crippen molar-refractivity contribution in [1.82, 2.24) is 29.5 Å². The van der Waals surface area contributed by atoms with Crippen LogP contribution in [0, 0.1) is 28.4 Å². The van der Waals surface area contributed by atoms with Crippen LogP contribution in [0.1, 0.15) is 64.0 Å². The first-order valence-electron chi connectivity index (χ1n) is 20.5. The number of nitrogens with one attached hydrogen (secondary N) is 1. The summed E-state index contributed by atoms with van der Waals surface area (Å²) in [5.74, 6) is -1.22. The fourth-order valence-corrected chi connectivity index (χ4v) is 9.83. The highest BCUT2D eigenvalue weighted by Crippen LogP contribution is 2.53. The minimum atomic E-state index is -0.739. The number of ether oxygens (including phenoxy) is 2. The molecule has 15 nitrogen and oxygen atoms in total. The van der Waals surface area contributed by atoms with E-state index in [1.54, 1.807) is 40.8 Å². The zero-order valence-corrected chi connectivity index (χ0v) is 33.7. The Bertz CT molecular complexity index is 2650. The molecule has 1 unspecified atom stereocenters. The summed E-state index contributed by atoms with van der Waals surface area (Å²) in [5.41, 5.74) is 7.11. The number of anilines is 3. The predicted molar refractivity (Wildman–Crippen MR) is 220 cm³/mol. The van der Waals surface area contributed by atoms with Gasteiger partial charge in [-0.15, -0.1) is 0 Å². The molecule has 2 aromatic heterocycles. The number of rotatable bonds is 6. The molecular weight excluding hydrogens is 775 g/mol. The van der Waals surface area contributed by atoms with Crippen molar-refractivity contribution >= 4 is 50.9 Å². The van der Waals surface area contributed by atoms with E-state index in [1.165, 1.54) is 23.1 Å². The highest BCUT2D eigenvalue weighted by Gasteiger charge is 2.55. The van der Waals surface area contributed by atoms with Crippen LogP contribution in [0.2, 0.25) is 0 Å². The molecule has 17 heteroatoms. The zero-order valence-electron chi connectivity index (χ0n) is 33.7. The fraction of sp³-hybridized carbons (Fsp3) is 0.442. The van der Waals surface area contributed by atoms with Gasteiger partial charge in [0.15, 0.2) is 17.4 Å². The topological polar surface area (TPSA) is 177 Å². The summed E-state index contributed by atoms with van der Waals surface area (Å²) < 4.78 is 45.7. The first kappa shape index (κ1) is 39.3. The van der Waals surface area contributed by atoms with Crippen LogP contribution in [0.3, 0.4) is 0 Å². The lowest BCUT2D eigenvalue weighted by Crippen LogP contribution is -2.67. The number of nitrogen functional groups attached to an aromatic ring is 1. The summed E-state index contributed by atoms with van der Waals surface area (Å²) in [6.45, 7) is 7.92. The first-order valence-corrected chi connectivity index (χ1v) is 20.5. The van der Waals surface area contributed by atoms with E-state index in [-0.39, 0.29) is 70.1 Å². The molecule has 1 atom stereocenters. The van der Waals surface area contributed by atoms with Crippen molar-refractivity contribution in [2.45, 2.75) is 70.1 Å². The maximum atomic E-state index is 15.6. The van der Waals surface area contributed by atoms with Gasteiger partial charge in [-0.1, -0.05) is 13.8 Å². The molecule has 3 N–H and O–H groups in total. The maximum Gasteiger partial charge on any atom is 0.329 e. The number of amides is 3. The number of aryl methyl sites for hydroxylation is 1. The third-order valence-corrected chi connectivity index (χ3v) is 13.0. The number of urea groups is 1. The normalized spacial score (nSPS) is 21.1. The summed E-state index contributed by atoms with van der Waals surface area (Å²) in [5, 5.41) is 17.2. The number of likely N-dealkylation sites (tertiary alicyclic amines) is 1. The van der Waals surface area contributed by atoms with Crippen LogP contribution >= 0.6 is 0 Å². The molecule has 5 aliphatic rings. The molecular formula is C43H46F2N10O5. The summed E-state index contributed by atoms with van der Waals surface area (Å²) >= 11 is 0. The van der Waals surface area contributed by atoms with Crippen LogP contribution in [-0.4, -0.2) is 87.1 Å². The van der Waals surface area contributed by atoms with Crippen LogP contribution in [0.4, 0.5) is 30.8 Å². The van der Waals surface area contributed by atoms with Crippen molar-refractivity contribution in [2.24, 2.45) is 12.5 Å². The van der Waals surface area contributed by atoms with Crippen LogP contribution in [0.15, 0.2) is 53.6 Å². The van der Waals surface area contributed by atoms with Gasteiger partial charge >= 0.3 is 6.03 Å². The minimum Gasteiger partial charge on any atom is -0.453 e. The van der Waals surface area contributed by atoms with Crippen LogP contribution in [0.25, 0.3) is 21.8 Å². The molecule has 60 heavy (non-hydrogen) atoms. The quantitative estimate of drug-likeness (QED) is 0.200. The molecule has 0 radical (unpaired) electrons. The number of fused-ring (bicyclic) bond motifs is 2. The molecule has 312 valence electrons. The number of nitrogens with zero attached hydrogens (tertiary/aromatic N) is 8. The van der Waals surface area contributed by atoms with E-state index >= 15 is 4.39 Å². The van der Waals surface area contributed by atoms with Crippen LogP contribution in [-0.2, 0) is 16.6 Å². The monoisotopic (exact) mass is 820 g/mol. The number of halogens is 2. The third kappa shape index (κ3) is 6.58. The van der Waals surface area contributed by atoms with E-state index < -0.39 is 11.8 Å². The van der Waals surface area contributed by atoms with E-state index in [1.807, 2.05) is 19.9 Å². The molecule has 4 saturated heterocycles. The molecule has 3 amide bonds. The second-order valence-electron chi connectivity index (χ2n) is 16.5. The number of carbonyl (C=O) groups is 2. The highest BCUT2D eigenvalue weighted by atomic mass is 19.1. The van der Waals surface area contributed by atoms with Crippen molar-refractivity contribution in [1.29, 1.82) is 5.26 Å². The number of aromatic nitrogens is 4. The Morgan fingerprint density at radius 3 is 2.47 bits per heavy atom. The van der Waals surface area contributed by atoms with Gasteiger partial charge in [-0.25, -0.2) is 18.6 Å². The average Bonchev–Trinajstić information content (AvgIpc) is 3.76. The number of piperidine rings is 1. The van der Waals surface area contributed by atoms with E-state index in [9.17, 15) is 24.0 Å². The van der Waals surface area contributed by atoms with Gasteiger partial charge in [0.1, 0.15) is 23.2 Å². The zero-order chi connectivity index (χ0) is 42.1. The number of nitrogens with two attached hydrogens (primary N) is 1. The second kappa shape index (κ2) is 14.9. The highest BCUT2D eigenvalue weighted by molar-refractivity contribution is 6.09. The van der Waals surface area contributed by atoms with Gasteiger partial charge in [-0.05, 0) is 74.6 Å². The molecule has 1 aliphatic carbocycles. The molecule has 10 rings (SSSR count).